The average molecular weight is 450 g/mol. The third-order valence-corrected chi connectivity index (χ3v) is 8.12. The highest BCUT2D eigenvalue weighted by Gasteiger charge is 2.29. The molecule has 1 aliphatic heterocycles. The lowest BCUT2D eigenvalue weighted by Crippen LogP contribution is -2.41. The van der Waals surface area contributed by atoms with E-state index in [0.717, 1.165) is 22.2 Å². The van der Waals surface area contributed by atoms with Crippen molar-refractivity contribution in [3.63, 3.8) is 0 Å². The second kappa shape index (κ2) is 7.88. The van der Waals surface area contributed by atoms with Gasteiger partial charge in [-0.3, -0.25) is 10.1 Å². The smallest absolute Gasteiger partial charge is 0.257 e. The Morgan fingerprint density at radius 3 is 2.32 bits per heavy atom. The highest BCUT2D eigenvalue weighted by atomic mass is 32.2. The number of hydrogen-bond acceptors (Lipinski definition) is 5. The zero-order valence-corrected chi connectivity index (χ0v) is 18.1. The highest BCUT2D eigenvalue weighted by molar-refractivity contribution is 7.89. The molecular formula is C23H19N3O3S2. The summed E-state index contributed by atoms with van der Waals surface area (Å²) in [6, 6.07) is 22.2. The van der Waals surface area contributed by atoms with Gasteiger partial charge in [0.15, 0.2) is 5.13 Å². The van der Waals surface area contributed by atoms with E-state index < -0.39 is 10.0 Å². The number of rotatable bonds is 5. The van der Waals surface area contributed by atoms with Gasteiger partial charge < -0.3 is 0 Å². The Balaban J connectivity index is 1.34. The maximum Gasteiger partial charge on any atom is 0.257 e. The van der Waals surface area contributed by atoms with Crippen molar-refractivity contribution in [3.05, 3.63) is 78.4 Å². The van der Waals surface area contributed by atoms with Crippen LogP contribution in [0.2, 0.25) is 0 Å². The van der Waals surface area contributed by atoms with Gasteiger partial charge in [-0.25, -0.2) is 13.4 Å². The fraction of sp³-hybridized carbons (Fsp3) is 0.130. The minimum absolute atomic E-state index is 0.257. The number of fused-ring (bicyclic) bond motifs is 1. The van der Waals surface area contributed by atoms with E-state index in [9.17, 15) is 13.2 Å². The fourth-order valence-electron chi connectivity index (χ4n) is 3.41. The van der Waals surface area contributed by atoms with Crippen LogP contribution < -0.4 is 5.32 Å². The van der Waals surface area contributed by atoms with Crippen LogP contribution in [0.4, 0.5) is 5.13 Å². The lowest BCUT2D eigenvalue weighted by atomic mass is 10.0. The van der Waals surface area contributed by atoms with Gasteiger partial charge in [-0.15, -0.1) is 0 Å². The van der Waals surface area contributed by atoms with Crippen LogP contribution in [0.1, 0.15) is 16.8 Å². The summed E-state index contributed by atoms with van der Waals surface area (Å²) >= 11 is 1.26. The van der Waals surface area contributed by atoms with E-state index in [1.165, 1.54) is 15.6 Å². The first-order chi connectivity index (χ1) is 15.0. The van der Waals surface area contributed by atoms with E-state index in [0.29, 0.717) is 29.3 Å². The molecule has 0 unspecified atom stereocenters. The van der Waals surface area contributed by atoms with Crippen molar-refractivity contribution < 1.29 is 13.2 Å². The van der Waals surface area contributed by atoms with Gasteiger partial charge in [0.25, 0.3) is 5.91 Å². The van der Waals surface area contributed by atoms with Gasteiger partial charge in [0.05, 0.1) is 15.1 Å². The Kier molecular flexibility index (Phi) is 5.05. The topological polar surface area (TPSA) is 79.4 Å². The summed E-state index contributed by atoms with van der Waals surface area (Å²) in [7, 11) is -3.45. The number of nitrogens with zero attached hydrogens (tertiary/aromatic N) is 2. The van der Waals surface area contributed by atoms with Crippen molar-refractivity contribution in [3.8, 4) is 11.1 Å². The lowest BCUT2D eigenvalue weighted by Gasteiger charge is -2.29. The van der Waals surface area contributed by atoms with Crippen molar-refractivity contribution in [2.45, 2.75) is 11.3 Å². The molecule has 2 heterocycles. The van der Waals surface area contributed by atoms with Gasteiger partial charge in [0.1, 0.15) is 0 Å². The van der Waals surface area contributed by atoms with Crippen molar-refractivity contribution >= 4 is 42.6 Å². The molecule has 0 aliphatic carbocycles. The van der Waals surface area contributed by atoms with Crippen LogP contribution in [0.15, 0.2) is 77.7 Å². The Morgan fingerprint density at radius 2 is 1.65 bits per heavy atom. The number of carbonyl (C=O) groups is 1. The molecule has 1 aromatic heterocycles. The van der Waals surface area contributed by atoms with E-state index in [1.807, 2.05) is 42.5 Å². The van der Waals surface area contributed by atoms with Gasteiger partial charge in [0, 0.05) is 18.7 Å². The normalized spacial score (nSPS) is 14.3. The molecule has 1 fully saturated rings. The van der Waals surface area contributed by atoms with Crippen LogP contribution >= 0.6 is 11.3 Å². The number of thiazole rings is 1. The predicted molar refractivity (Wildman–Crippen MR) is 123 cm³/mol. The van der Waals surface area contributed by atoms with Crippen LogP contribution in [0.25, 0.3) is 21.3 Å². The quantitative estimate of drug-likeness (QED) is 0.483. The monoisotopic (exact) mass is 449 g/mol. The number of amides is 1. The molecule has 0 bridgehead atoms. The van der Waals surface area contributed by atoms with E-state index in [1.54, 1.807) is 30.3 Å². The third-order valence-electron chi connectivity index (χ3n) is 5.29. The summed E-state index contributed by atoms with van der Waals surface area (Å²) in [5.74, 6) is -0.257. The second-order valence-electron chi connectivity index (χ2n) is 7.30. The maximum absolute atomic E-state index is 12.7. The molecule has 1 saturated heterocycles. The van der Waals surface area contributed by atoms with Crippen LogP contribution in [-0.2, 0) is 10.0 Å². The number of sulfonamides is 1. The molecule has 5 rings (SSSR count). The number of anilines is 1. The molecule has 8 heteroatoms. The molecule has 6 nitrogen and oxygen atoms in total. The summed E-state index contributed by atoms with van der Waals surface area (Å²) in [5, 5.41) is 3.25. The molecule has 3 aromatic carbocycles. The average Bonchev–Trinajstić information content (AvgIpc) is 3.14. The maximum atomic E-state index is 12.7. The molecule has 1 aliphatic rings. The Hall–Kier alpha value is -3.07. The van der Waals surface area contributed by atoms with Crippen molar-refractivity contribution in [1.82, 2.24) is 9.29 Å². The first-order valence-electron chi connectivity index (χ1n) is 9.88. The molecule has 0 atom stereocenters. The number of hydrogen-bond donors (Lipinski definition) is 1. The van der Waals surface area contributed by atoms with Crippen LogP contribution in [0.5, 0.6) is 0 Å². The molecular weight excluding hydrogens is 430 g/mol. The van der Waals surface area contributed by atoms with E-state index in [-0.39, 0.29) is 10.8 Å². The Labute approximate surface area is 184 Å². The highest BCUT2D eigenvalue weighted by Crippen LogP contribution is 2.30. The minimum Gasteiger partial charge on any atom is -0.298 e. The first kappa shape index (κ1) is 19.9. The van der Waals surface area contributed by atoms with Gasteiger partial charge in [-0.05, 0) is 47.9 Å². The van der Waals surface area contributed by atoms with Crippen molar-refractivity contribution in [2.75, 3.05) is 18.4 Å². The molecule has 1 N–H and O–H groups in total. The first-order valence-corrected chi connectivity index (χ1v) is 12.1. The molecule has 31 heavy (non-hydrogen) atoms. The number of nitrogens with one attached hydrogen (secondary N) is 1. The zero-order valence-electron chi connectivity index (χ0n) is 16.5. The fourth-order valence-corrected chi connectivity index (χ4v) is 5.93. The van der Waals surface area contributed by atoms with Crippen LogP contribution in [0.3, 0.4) is 0 Å². The minimum atomic E-state index is -3.45. The lowest BCUT2D eigenvalue weighted by molar-refractivity contribution is 0.102. The molecule has 0 spiro atoms. The Bertz CT molecular complexity index is 1360. The number of benzene rings is 3. The van der Waals surface area contributed by atoms with E-state index in [4.69, 9.17) is 0 Å². The van der Waals surface area contributed by atoms with Gasteiger partial charge in [-0.2, -0.15) is 4.31 Å². The molecule has 156 valence electrons. The molecule has 0 radical (unpaired) electrons. The Morgan fingerprint density at radius 1 is 0.935 bits per heavy atom. The summed E-state index contributed by atoms with van der Waals surface area (Å²) in [6.45, 7) is 1.13. The summed E-state index contributed by atoms with van der Waals surface area (Å²) in [4.78, 5) is 17.3. The molecule has 1 amide bonds. The number of aromatic nitrogens is 1. The largest absolute Gasteiger partial charge is 0.298 e. The van der Waals surface area contributed by atoms with Crippen molar-refractivity contribution in [2.24, 2.45) is 0 Å². The third kappa shape index (κ3) is 3.85. The molecule has 4 aromatic rings. The van der Waals surface area contributed by atoms with Crippen LogP contribution in [0, 0.1) is 0 Å². The van der Waals surface area contributed by atoms with Gasteiger partial charge in [0.2, 0.25) is 10.0 Å². The number of carbonyl (C=O) groups excluding carboxylic acids is 1. The summed E-state index contributed by atoms with van der Waals surface area (Å²) < 4.78 is 27.4. The summed E-state index contributed by atoms with van der Waals surface area (Å²) in [6.07, 6.45) is 0.893. The second-order valence-corrected chi connectivity index (χ2v) is 10.3. The SMILES string of the molecule is O=C(Nc1nc2ccc(S(=O)(=O)N3CCC3)cc2s1)c1ccc(-c2ccccc2)cc1. The van der Waals surface area contributed by atoms with Gasteiger partial charge >= 0.3 is 0 Å². The van der Waals surface area contributed by atoms with Gasteiger partial charge in [-0.1, -0.05) is 53.8 Å². The molecule has 0 saturated carbocycles. The van der Waals surface area contributed by atoms with Crippen LogP contribution in [-0.4, -0.2) is 36.7 Å². The zero-order chi connectivity index (χ0) is 21.4. The summed E-state index contributed by atoms with van der Waals surface area (Å²) in [5.41, 5.74) is 3.31. The van der Waals surface area contributed by atoms with E-state index >= 15 is 0 Å². The standard InChI is InChI=1S/C23H19N3O3S2/c27-22(18-9-7-17(8-10-18)16-5-2-1-3-6-16)25-23-24-20-12-11-19(15-21(20)30-23)31(28,29)26-13-4-14-26/h1-3,5-12,15H,4,13-14H2,(H,24,25,27). The van der Waals surface area contributed by atoms with Crippen molar-refractivity contribution in [1.29, 1.82) is 0 Å². The predicted octanol–water partition coefficient (Wildman–Crippen LogP) is 4.61. The van der Waals surface area contributed by atoms with E-state index in [2.05, 4.69) is 10.3 Å².